The first-order chi connectivity index (χ1) is 9.69. The molecule has 0 aromatic heterocycles. The maximum atomic E-state index is 10.9. The van der Waals surface area contributed by atoms with Crippen LogP contribution in [0.25, 0.3) is 5.57 Å². The van der Waals surface area contributed by atoms with Gasteiger partial charge in [0.05, 0.1) is 0 Å². The molecular weight excluding hydrogens is 256 g/mol. The van der Waals surface area contributed by atoms with Gasteiger partial charge >= 0.3 is 0 Å². The largest absolute Gasteiger partial charge is 0.299 e. The van der Waals surface area contributed by atoms with E-state index in [9.17, 15) is 4.79 Å². The van der Waals surface area contributed by atoms with E-state index in [1.54, 1.807) is 6.08 Å². The molecule has 2 rings (SSSR count). The second-order valence-corrected chi connectivity index (χ2v) is 7.94. The molecule has 0 fully saturated rings. The lowest BCUT2D eigenvalue weighted by Crippen LogP contribution is -2.33. The first-order valence-corrected chi connectivity index (χ1v) is 8.00. The van der Waals surface area contributed by atoms with Gasteiger partial charge in [0.1, 0.15) is 6.29 Å². The molecule has 114 valence electrons. The zero-order chi connectivity index (χ0) is 15.8. The highest BCUT2D eigenvalue weighted by atomic mass is 16.1. The number of carbonyl (C=O) groups is 1. The standard InChI is InChI=1S/C20H28O/c1-14(2)16(9-12-21)15-7-8-17-18(13-15)20(5,6)11-10-19(17,3)4/h7-9,12-14H,10-11H2,1-6H3/b16-9-. The Morgan fingerprint density at radius 2 is 1.62 bits per heavy atom. The molecule has 1 aromatic rings. The molecule has 0 heterocycles. The van der Waals surface area contributed by atoms with Gasteiger partial charge in [-0.3, -0.25) is 4.79 Å². The lowest BCUT2D eigenvalue weighted by molar-refractivity contribution is -0.104. The molecule has 1 aliphatic carbocycles. The van der Waals surface area contributed by atoms with Gasteiger partial charge in [-0.25, -0.2) is 0 Å². The van der Waals surface area contributed by atoms with Crippen molar-refractivity contribution in [2.24, 2.45) is 5.92 Å². The average molecular weight is 284 g/mol. The number of aldehydes is 1. The van der Waals surface area contributed by atoms with Crippen LogP contribution in [-0.2, 0) is 15.6 Å². The second kappa shape index (κ2) is 5.44. The van der Waals surface area contributed by atoms with Crippen molar-refractivity contribution in [1.29, 1.82) is 0 Å². The molecule has 21 heavy (non-hydrogen) atoms. The quantitative estimate of drug-likeness (QED) is 0.545. The molecule has 0 saturated carbocycles. The SMILES string of the molecule is CC(C)/C(=C/C=O)c1ccc2c(c1)C(C)(C)CCC2(C)C. The fraction of sp³-hybridized carbons (Fsp3) is 0.550. The molecular formula is C20H28O. The molecule has 0 amide bonds. The molecule has 0 radical (unpaired) electrons. The van der Waals surface area contributed by atoms with Gasteiger partial charge in [-0.05, 0) is 57.9 Å². The normalized spacial score (nSPS) is 20.2. The number of carbonyl (C=O) groups excluding carboxylic acids is 1. The van der Waals surface area contributed by atoms with Gasteiger partial charge < -0.3 is 0 Å². The van der Waals surface area contributed by atoms with E-state index in [1.165, 1.54) is 29.5 Å². The summed E-state index contributed by atoms with van der Waals surface area (Å²) >= 11 is 0. The van der Waals surface area contributed by atoms with Crippen LogP contribution in [0.1, 0.15) is 71.1 Å². The highest BCUT2D eigenvalue weighted by Gasteiger charge is 2.37. The van der Waals surface area contributed by atoms with Gasteiger partial charge in [0.2, 0.25) is 0 Å². The molecule has 0 bridgehead atoms. The fourth-order valence-electron chi connectivity index (χ4n) is 3.46. The Labute approximate surface area is 129 Å². The fourth-order valence-corrected chi connectivity index (χ4v) is 3.46. The Morgan fingerprint density at radius 1 is 1.05 bits per heavy atom. The monoisotopic (exact) mass is 284 g/mol. The Balaban J connectivity index is 2.61. The topological polar surface area (TPSA) is 17.1 Å². The van der Waals surface area contributed by atoms with Crippen LogP contribution in [0.15, 0.2) is 24.3 Å². The van der Waals surface area contributed by atoms with E-state index in [0.29, 0.717) is 5.92 Å². The number of fused-ring (bicyclic) bond motifs is 1. The smallest absolute Gasteiger partial charge is 0.143 e. The minimum atomic E-state index is 0.212. The summed E-state index contributed by atoms with van der Waals surface area (Å²) in [7, 11) is 0. The van der Waals surface area contributed by atoms with Crippen molar-refractivity contribution in [2.75, 3.05) is 0 Å². The Morgan fingerprint density at radius 3 is 2.14 bits per heavy atom. The first-order valence-electron chi connectivity index (χ1n) is 8.00. The predicted molar refractivity (Wildman–Crippen MR) is 90.6 cm³/mol. The van der Waals surface area contributed by atoms with Crippen LogP contribution in [-0.4, -0.2) is 6.29 Å². The summed E-state index contributed by atoms with van der Waals surface area (Å²) in [6.45, 7) is 13.6. The van der Waals surface area contributed by atoms with E-state index in [4.69, 9.17) is 0 Å². The van der Waals surface area contributed by atoms with Gasteiger partial charge in [-0.15, -0.1) is 0 Å². The van der Waals surface area contributed by atoms with Crippen molar-refractivity contribution >= 4 is 11.9 Å². The second-order valence-electron chi connectivity index (χ2n) is 7.94. The number of benzene rings is 1. The highest BCUT2D eigenvalue weighted by molar-refractivity contribution is 5.82. The zero-order valence-corrected chi connectivity index (χ0v) is 14.3. The van der Waals surface area contributed by atoms with Crippen LogP contribution in [0, 0.1) is 5.92 Å². The highest BCUT2D eigenvalue weighted by Crippen LogP contribution is 2.46. The summed E-state index contributed by atoms with van der Waals surface area (Å²) in [5.74, 6) is 0.355. The maximum absolute atomic E-state index is 10.9. The van der Waals surface area contributed by atoms with Crippen molar-refractivity contribution in [2.45, 2.75) is 65.2 Å². The van der Waals surface area contributed by atoms with Crippen molar-refractivity contribution < 1.29 is 4.79 Å². The van der Waals surface area contributed by atoms with E-state index in [2.05, 4.69) is 59.7 Å². The maximum Gasteiger partial charge on any atom is 0.143 e. The van der Waals surface area contributed by atoms with Crippen LogP contribution in [0.5, 0.6) is 0 Å². The lowest BCUT2D eigenvalue weighted by atomic mass is 9.63. The molecule has 0 atom stereocenters. The van der Waals surface area contributed by atoms with Crippen molar-refractivity contribution in [3.05, 3.63) is 41.0 Å². The molecule has 0 spiro atoms. The molecule has 0 aliphatic heterocycles. The summed E-state index contributed by atoms with van der Waals surface area (Å²) in [6.07, 6.45) is 5.07. The molecule has 0 unspecified atom stereocenters. The number of hydrogen-bond donors (Lipinski definition) is 0. The summed E-state index contributed by atoms with van der Waals surface area (Å²) in [6, 6.07) is 6.80. The Kier molecular flexibility index (Phi) is 4.15. The van der Waals surface area contributed by atoms with Gasteiger partial charge in [-0.1, -0.05) is 59.7 Å². The predicted octanol–water partition coefficient (Wildman–Crippen LogP) is 5.27. The lowest BCUT2D eigenvalue weighted by Gasteiger charge is -2.42. The summed E-state index contributed by atoms with van der Waals surface area (Å²) in [5.41, 5.74) is 5.71. The molecule has 1 heteroatoms. The average Bonchev–Trinajstić information content (AvgIpc) is 2.41. The van der Waals surface area contributed by atoms with Crippen LogP contribution >= 0.6 is 0 Å². The summed E-state index contributed by atoms with van der Waals surface area (Å²) in [4.78, 5) is 10.9. The molecule has 0 saturated heterocycles. The van der Waals surface area contributed by atoms with E-state index in [1.807, 2.05) is 0 Å². The molecule has 1 aliphatic rings. The summed E-state index contributed by atoms with van der Waals surface area (Å²) in [5, 5.41) is 0. The van der Waals surface area contributed by atoms with Gasteiger partial charge in [0.25, 0.3) is 0 Å². The van der Waals surface area contributed by atoms with E-state index in [-0.39, 0.29) is 10.8 Å². The first kappa shape index (κ1) is 16.0. The minimum Gasteiger partial charge on any atom is -0.299 e. The van der Waals surface area contributed by atoms with E-state index >= 15 is 0 Å². The van der Waals surface area contributed by atoms with Crippen molar-refractivity contribution in [1.82, 2.24) is 0 Å². The van der Waals surface area contributed by atoms with Crippen molar-refractivity contribution in [3.8, 4) is 0 Å². The Bertz CT molecular complexity index is 574. The van der Waals surface area contributed by atoms with E-state index < -0.39 is 0 Å². The number of hydrogen-bond acceptors (Lipinski definition) is 1. The molecule has 0 N–H and O–H groups in total. The van der Waals surface area contributed by atoms with Crippen LogP contribution < -0.4 is 0 Å². The number of allylic oxidation sites excluding steroid dienone is 2. The van der Waals surface area contributed by atoms with Crippen LogP contribution in [0.4, 0.5) is 0 Å². The van der Waals surface area contributed by atoms with Gasteiger partial charge in [0.15, 0.2) is 0 Å². The summed E-state index contributed by atoms with van der Waals surface area (Å²) < 4.78 is 0. The third kappa shape index (κ3) is 2.97. The Hall–Kier alpha value is -1.37. The van der Waals surface area contributed by atoms with Gasteiger partial charge in [0, 0.05) is 0 Å². The third-order valence-corrected chi connectivity index (χ3v) is 5.06. The minimum absolute atomic E-state index is 0.212. The van der Waals surface area contributed by atoms with E-state index in [0.717, 1.165) is 11.9 Å². The van der Waals surface area contributed by atoms with Crippen molar-refractivity contribution in [3.63, 3.8) is 0 Å². The van der Waals surface area contributed by atoms with Crippen LogP contribution in [0.2, 0.25) is 0 Å². The zero-order valence-electron chi connectivity index (χ0n) is 14.3. The number of rotatable bonds is 3. The molecule has 1 aromatic carbocycles. The molecule has 1 nitrogen and oxygen atoms in total. The van der Waals surface area contributed by atoms with Gasteiger partial charge in [-0.2, -0.15) is 0 Å². The van der Waals surface area contributed by atoms with Crippen LogP contribution in [0.3, 0.4) is 0 Å². The third-order valence-electron chi connectivity index (χ3n) is 5.06.